The van der Waals surface area contributed by atoms with Crippen LogP contribution in [0.1, 0.15) is 74.6 Å². The standard InChI is InChI=1S/C12H15NO.C11H12O2.2CH4/c1-13-12(14)8-10-7-6-9-4-2-3-5-11(9)10;12-11(13)7-9-6-5-8-3-1-2-4-10(8)9;;/h2-5,10H,6-8H2,1H3,(H,13,14);1-4,9H,5-7H2,(H,12,13);2*1H4. The highest BCUT2D eigenvalue weighted by Crippen LogP contribution is 2.35. The summed E-state index contributed by atoms with van der Waals surface area (Å²) in [7, 11) is 1.70. The van der Waals surface area contributed by atoms with E-state index in [4.69, 9.17) is 5.11 Å². The Labute approximate surface area is 175 Å². The largest absolute Gasteiger partial charge is 0.481 e. The summed E-state index contributed by atoms with van der Waals surface area (Å²) in [5.74, 6) is 0.133. The van der Waals surface area contributed by atoms with Crippen LogP contribution in [0.25, 0.3) is 0 Å². The van der Waals surface area contributed by atoms with E-state index in [0.29, 0.717) is 12.3 Å². The van der Waals surface area contributed by atoms with Crippen molar-refractivity contribution in [3.8, 4) is 0 Å². The Morgan fingerprint density at radius 1 is 0.862 bits per heavy atom. The summed E-state index contributed by atoms with van der Waals surface area (Å²) in [5.41, 5.74) is 5.36. The molecule has 2 aromatic rings. The lowest BCUT2D eigenvalue weighted by atomic mass is 9.98. The molecule has 2 aromatic carbocycles. The predicted molar refractivity (Wildman–Crippen MR) is 119 cm³/mol. The number of amides is 1. The van der Waals surface area contributed by atoms with Crippen molar-refractivity contribution in [1.29, 1.82) is 0 Å². The van der Waals surface area contributed by atoms with Crippen molar-refractivity contribution >= 4 is 11.9 Å². The first-order valence-electron chi connectivity index (χ1n) is 9.66. The fraction of sp³-hybridized carbons (Fsp3) is 0.440. The van der Waals surface area contributed by atoms with E-state index in [0.717, 1.165) is 25.7 Å². The first-order chi connectivity index (χ1) is 13.1. The number of rotatable bonds is 4. The lowest BCUT2D eigenvalue weighted by molar-refractivity contribution is -0.137. The van der Waals surface area contributed by atoms with Gasteiger partial charge in [0.15, 0.2) is 0 Å². The van der Waals surface area contributed by atoms with Gasteiger partial charge in [0.2, 0.25) is 5.91 Å². The molecule has 2 N–H and O–H groups in total. The molecule has 0 saturated carbocycles. The average Bonchev–Trinajstić information content (AvgIpc) is 3.27. The Morgan fingerprint density at radius 2 is 1.31 bits per heavy atom. The maximum Gasteiger partial charge on any atom is 0.303 e. The Bertz CT molecular complexity index is 815. The van der Waals surface area contributed by atoms with Crippen molar-refractivity contribution in [1.82, 2.24) is 5.32 Å². The molecule has 0 fully saturated rings. The lowest BCUT2D eigenvalue weighted by Gasteiger charge is -2.09. The highest BCUT2D eigenvalue weighted by atomic mass is 16.4. The maximum absolute atomic E-state index is 11.3. The van der Waals surface area contributed by atoms with Crippen LogP contribution < -0.4 is 5.32 Å². The van der Waals surface area contributed by atoms with Crippen molar-refractivity contribution in [2.45, 2.75) is 65.2 Å². The molecule has 0 spiro atoms. The van der Waals surface area contributed by atoms with E-state index in [9.17, 15) is 9.59 Å². The first-order valence-corrected chi connectivity index (χ1v) is 9.66. The van der Waals surface area contributed by atoms with Crippen molar-refractivity contribution in [2.24, 2.45) is 0 Å². The van der Waals surface area contributed by atoms with Gasteiger partial charge in [-0.15, -0.1) is 0 Å². The number of carboxylic acid groups (broad SMARTS) is 1. The van der Waals surface area contributed by atoms with E-state index in [1.54, 1.807) is 7.05 Å². The van der Waals surface area contributed by atoms with Gasteiger partial charge in [-0.05, 0) is 59.8 Å². The molecule has 29 heavy (non-hydrogen) atoms. The van der Waals surface area contributed by atoms with Gasteiger partial charge in [-0.25, -0.2) is 0 Å². The van der Waals surface area contributed by atoms with Crippen LogP contribution in [0.2, 0.25) is 0 Å². The molecule has 4 heteroatoms. The number of hydrogen-bond donors (Lipinski definition) is 2. The van der Waals surface area contributed by atoms with Gasteiger partial charge < -0.3 is 10.4 Å². The molecule has 4 rings (SSSR count). The van der Waals surface area contributed by atoms with Gasteiger partial charge in [0.05, 0.1) is 6.42 Å². The van der Waals surface area contributed by atoms with Crippen LogP contribution in [0.4, 0.5) is 0 Å². The first kappa shape index (κ1) is 24.4. The molecule has 2 unspecified atom stereocenters. The molecule has 2 aliphatic rings. The second kappa shape index (κ2) is 11.4. The van der Waals surface area contributed by atoms with Crippen LogP contribution in [-0.2, 0) is 22.4 Å². The topological polar surface area (TPSA) is 66.4 Å². The number of carboxylic acids is 1. The van der Waals surface area contributed by atoms with Crippen molar-refractivity contribution < 1.29 is 14.7 Å². The summed E-state index contributed by atoms with van der Waals surface area (Å²) in [6, 6.07) is 16.6. The fourth-order valence-corrected chi connectivity index (χ4v) is 4.25. The molecule has 2 aliphatic carbocycles. The number of aliphatic carboxylic acids is 1. The van der Waals surface area contributed by atoms with Gasteiger partial charge >= 0.3 is 5.97 Å². The minimum Gasteiger partial charge on any atom is -0.481 e. The third kappa shape index (κ3) is 6.18. The minimum absolute atomic E-state index is 0. The SMILES string of the molecule is C.C.CNC(=O)CC1CCc2ccccc21.O=C(O)CC1CCc2ccccc21. The molecular weight excluding hydrogens is 362 g/mol. The molecule has 2 atom stereocenters. The lowest BCUT2D eigenvalue weighted by Crippen LogP contribution is -2.19. The molecule has 4 nitrogen and oxygen atoms in total. The Morgan fingerprint density at radius 3 is 1.76 bits per heavy atom. The molecule has 0 aliphatic heterocycles. The van der Waals surface area contributed by atoms with Crippen LogP contribution in [0.3, 0.4) is 0 Å². The quantitative estimate of drug-likeness (QED) is 0.734. The Hall–Kier alpha value is -2.62. The number of carbonyl (C=O) groups excluding carboxylic acids is 1. The van der Waals surface area contributed by atoms with Crippen LogP contribution in [0.5, 0.6) is 0 Å². The van der Waals surface area contributed by atoms with Gasteiger partial charge in [0, 0.05) is 13.5 Å². The smallest absolute Gasteiger partial charge is 0.303 e. The van der Waals surface area contributed by atoms with Gasteiger partial charge in [-0.1, -0.05) is 63.4 Å². The second-order valence-corrected chi connectivity index (χ2v) is 7.34. The number of benzene rings is 2. The maximum atomic E-state index is 11.3. The molecule has 0 bridgehead atoms. The van der Waals surface area contributed by atoms with E-state index in [-0.39, 0.29) is 33.1 Å². The fourth-order valence-electron chi connectivity index (χ4n) is 4.25. The molecular formula is C25H35NO3. The molecule has 0 aromatic heterocycles. The molecule has 1 amide bonds. The van der Waals surface area contributed by atoms with E-state index in [1.165, 1.54) is 22.3 Å². The highest BCUT2D eigenvalue weighted by molar-refractivity contribution is 5.76. The summed E-state index contributed by atoms with van der Waals surface area (Å²) in [4.78, 5) is 21.8. The summed E-state index contributed by atoms with van der Waals surface area (Å²) in [5, 5.41) is 11.4. The molecule has 158 valence electrons. The molecule has 0 radical (unpaired) electrons. The van der Waals surface area contributed by atoms with Gasteiger partial charge in [-0.2, -0.15) is 0 Å². The monoisotopic (exact) mass is 397 g/mol. The summed E-state index contributed by atoms with van der Waals surface area (Å²) >= 11 is 0. The van der Waals surface area contributed by atoms with Gasteiger partial charge in [-0.3, -0.25) is 9.59 Å². The zero-order valence-electron chi connectivity index (χ0n) is 15.8. The van der Waals surface area contributed by atoms with Gasteiger partial charge in [0.1, 0.15) is 0 Å². The third-order valence-electron chi connectivity index (χ3n) is 5.65. The van der Waals surface area contributed by atoms with E-state index >= 15 is 0 Å². The molecule has 0 saturated heterocycles. The van der Waals surface area contributed by atoms with E-state index in [1.807, 2.05) is 12.1 Å². The van der Waals surface area contributed by atoms with Crippen LogP contribution >= 0.6 is 0 Å². The average molecular weight is 398 g/mol. The minimum atomic E-state index is -0.693. The summed E-state index contributed by atoms with van der Waals surface area (Å²) < 4.78 is 0. The third-order valence-corrected chi connectivity index (χ3v) is 5.65. The summed E-state index contributed by atoms with van der Waals surface area (Å²) in [6.45, 7) is 0. The van der Waals surface area contributed by atoms with Crippen LogP contribution in [-0.4, -0.2) is 24.0 Å². The van der Waals surface area contributed by atoms with Crippen LogP contribution in [0.15, 0.2) is 48.5 Å². The number of hydrogen-bond acceptors (Lipinski definition) is 2. The van der Waals surface area contributed by atoms with Crippen molar-refractivity contribution in [3.05, 3.63) is 70.8 Å². The zero-order chi connectivity index (χ0) is 19.2. The normalized spacial score (nSPS) is 18.1. The van der Waals surface area contributed by atoms with E-state index in [2.05, 4.69) is 41.7 Å². The number of nitrogens with one attached hydrogen (secondary N) is 1. The van der Waals surface area contributed by atoms with Gasteiger partial charge in [0.25, 0.3) is 0 Å². The number of fused-ring (bicyclic) bond motifs is 2. The Kier molecular flexibility index (Phi) is 9.60. The summed E-state index contributed by atoms with van der Waals surface area (Å²) in [6.07, 6.45) is 5.18. The zero-order valence-corrected chi connectivity index (χ0v) is 15.8. The van der Waals surface area contributed by atoms with Crippen LogP contribution in [0, 0.1) is 0 Å². The predicted octanol–water partition coefficient (Wildman–Crippen LogP) is 5.32. The highest BCUT2D eigenvalue weighted by Gasteiger charge is 2.24. The Balaban J connectivity index is 0.000000272. The van der Waals surface area contributed by atoms with E-state index < -0.39 is 5.97 Å². The van der Waals surface area contributed by atoms with Crippen molar-refractivity contribution in [3.63, 3.8) is 0 Å². The molecule has 0 heterocycles. The van der Waals surface area contributed by atoms with Crippen molar-refractivity contribution in [2.75, 3.05) is 7.05 Å². The second-order valence-electron chi connectivity index (χ2n) is 7.34. The number of carbonyl (C=O) groups is 2. The number of aryl methyl sites for hydroxylation is 2.